The molecule has 124 valence electrons. The van der Waals surface area contributed by atoms with E-state index in [4.69, 9.17) is 4.42 Å². The van der Waals surface area contributed by atoms with E-state index >= 15 is 0 Å². The quantitative estimate of drug-likeness (QED) is 0.808. The summed E-state index contributed by atoms with van der Waals surface area (Å²) in [6.07, 6.45) is 2.87. The zero-order chi connectivity index (χ0) is 16.4. The zero-order valence-corrected chi connectivity index (χ0v) is 13.4. The fourth-order valence-corrected chi connectivity index (χ4v) is 2.75. The van der Waals surface area contributed by atoms with Crippen LogP contribution < -0.4 is 15.5 Å². The summed E-state index contributed by atoms with van der Waals surface area (Å²) >= 11 is 0. The first-order valence-corrected chi connectivity index (χ1v) is 7.85. The van der Waals surface area contributed by atoms with E-state index in [1.165, 1.54) is 0 Å². The van der Waals surface area contributed by atoms with E-state index in [1.54, 1.807) is 17.0 Å². The lowest BCUT2D eigenvalue weighted by molar-refractivity contribution is 0.118. The number of nitrogens with one attached hydrogen (secondary N) is 2. The third-order valence-electron chi connectivity index (χ3n) is 4.05. The minimum atomic E-state index is -0.238. The van der Waals surface area contributed by atoms with Crippen LogP contribution in [0.25, 0.3) is 11.1 Å². The molecule has 7 heteroatoms. The molecule has 1 fully saturated rings. The minimum absolute atomic E-state index is 0.118. The maximum absolute atomic E-state index is 12.1. The number of aliphatic hydroxyl groups is 1. The summed E-state index contributed by atoms with van der Waals surface area (Å²) in [4.78, 5) is 18.2. The van der Waals surface area contributed by atoms with Gasteiger partial charge in [0.05, 0.1) is 6.10 Å². The highest BCUT2D eigenvalue weighted by atomic mass is 16.4. The zero-order valence-electron chi connectivity index (χ0n) is 13.4. The standard InChI is InChI=1S/C16H22N4O3/c1-20(2)16-19-13-8-5-11(9-14(13)23-16)18-15(22)17-10-3-6-12(21)7-4-10/h5,8-10,12,21H,3-4,6-7H2,1-2H3,(H2,17,18,22). The minimum Gasteiger partial charge on any atom is -0.423 e. The first kappa shape index (κ1) is 15.6. The van der Waals surface area contributed by atoms with Crippen molar-refractivity contribution in [3.05, 3.63) is 18.2 Å². The second kappa shape index (κ2) is 6.45. The van der Waals surface area contributed by atoms with Gasteiger partial charge < -0.3 is 25.1 Å². The van der Waals surface area contributed by atoms with Gasteiger partial charge >= 0.3 is 6.03 Å². The van der Waals surface area contributed by atoms with Gasteiger partial charge in [0, 0.05) is 31.9 Å². The van der Waals surface area contributed by atoms with Gasteiger partial charge in [-0.15, -0.1) is 0 Å². The number of aromatic nitrogens is 1. The molecule has 1 aliphatic carbocycles. The number of fused-ring (bicyclic) bond motifs is 1. The SMILES string of the molecule is CN(C)c1nc2ccc(NC(=O)NC3CCC(O)CC3)cc2o1. The van der Waals surface area contributed by atoms with Crippen molar-refractivity contribution < 1.29 is 14.3 Å². The first-order valence-electron chi connectivity index (χ1n) is 7.85. The third kappa shape index (κ3) is 3.73. The van der Waals surface area contributed by atoms with Crippen molar-refractivity contribution in [2.24, 2.45) is 0 Å². The molecule has 0 atom stereocenters. The van der Waals surface area contributed by atoms with Crippen LogP contribution >= 0.6 is 0 Å². The van der Waals surface area contributed by atoms with Crippen LogP contribution in [-0.4, -0.2) is 42.4 Å². The van der Waals surface area contributed by atoms with Gasteiger partial charge in [-0.3, -0.25) is 0 Å². The molecular formula is C16H22N4O3. The van der Waals surface area contributed by atoms with Crippen molar-refractivity contribution in [3.8, 4) is 0 Å². The van der Waals surface area contributed by atoms with Crippen molar-refractivity contribution in [2.45, 2.75) is 37.8 Å². The van der Waals surface area contributed by atoms with Gasteiger partial charge in [-0.25, -0.2) is 4.79 Å². The van der Waals surface area contributed by atoms with E-state index < -0.39 is 0 Å². The molecular weight excluding hydrogens is 296 g/mol. The molecule has 2 aromatic rings. The number of benzene rings is 1. The lowest BCUT2D eigenvalue weighted by Gasteiger charge is -2.26. The fourth-order valence-electron chi connectivity index (χ4n) is 2.75. The van der Waals surface area contributed by atoms with Crippen LogP contribution in [0.2, 0.25) is 0 Å². The average molecular weight is 318 g/mol. The highest BCUT2D eigenvalue weighted by Crippen LogP contribution is 2.24. The van der Waals surface area contributed by atoms with E-state index in [2.05, 4.69) is 15.6 Å². The summed E-state index contributed by atoms with van der Waals surface area (Å²) in [7, 11) is 3.72. The fraction of sp³-hybridized carbons (Fsp3) is 0.500. The van der Waals surface area contributed by atoms with Gasteiger partial charge in [-0.1, -0.05) is 0 Å². The predicted molar refractivity (Wildman–Crippen MR) is 88.8 cm³/mol. The molecule has 1 aromatic carbocycles. The molecule has 7 nitrogen and oxygen atoms in total. The Kier molecular flexibility index (Phi) is 4.38. The largest absolute Gasteiger partial charge is 0.423 e. The monoisotopic (exact) mass is 318 g/mol. The smallest absolute Gasteiger partial charge is 0.319 e. The number of amides is 2. The summed E-state index contributed by atoms with van der Waals surface area (Å²) < 4.78 is 5.63. The Bertz CT molecular complexity index is 690. The maximum atomic E-state index is 12.1. The van der Waals surface area contributed by atoms with Gasteiger partial charge in [-0.05, 0) is 37.8 Å². The lowest BCUT2D eigenvalue weighted by atomic mass is 9.93. The lowest BCUT2D eigenvalue weighted by Crippen LogP contribution is -2.40. The molecule has 1 heterocycles. The number of urea groups is 1. The summed E-state index contributed by atoms with van der Waals surface area (Å²) in [5, 5.41) is 15.3. The van der Waals surface area contributed by atoms with Crippen molar-refractivity contribution in [1.82, 2.24) is 10.3 Å². The molecule has 0 spiro atoms. The third-order valence-corrected chi connectivity index (χ3v) is 4.05. The van der Waals surface area contributed by atoms with Crippen LogP contribution in [0.5, 0.6) is 0 Å². The Balaban J connectivity index is 1.62. The van der Waals surface area contributed by atoms with Gasteiger partial charge in [0.25, 0.3) is 6.01 Å². The number of hydrogen-bond acceptors (Lipinski definition) is 5. The molecule has 1 saturated carbocycles. The van der Waals surface area contributed by atoms with Crippen LogP contribution in [-0.2, 0) is 0 Å². The summed E-state index contributed by atoms with van der Waals surface area (Å²) in [5.74, 6) is 0. The van der Waals surface area contributed by atoms with Crippen LogP contribution in [0, 0.1) is 0 Å². The molecule has 0 aliphatic heterocycles. The Morgan fingerprint density at radius 3 is 2.74 bits per heavy atom. The summed E-state index contributed by atoms with van der Waals surface area (Å²) in [6, 6.07) is 5.79. The average Bonchev–Trinajstić information content (AvgIpc) is 2.93. The summed E-state index contributed by atoms with van der Waals surface area (Å²) in [5.41, 5.74) is 2.04. The van der Waals surface area contributed by atoms with Crippen molar-refractivity contribution in [2.75, 3.05) is 24.3 Å². The topological polar surface area (TPSA) is 90.6 Å². The Hall–Kier alpha value is -2.28. The van der Waals surface area contributed by atoms with Gasteiger partial charge in [0.1, 0.15) is 5.52 Å². The highest BCUT2D eigenvalue weighted by molar-refractivity contribution is 5.91. The predicted octanol–water partition coefficient (Wildman–Crippen LogP) is 2.32. The van der Waals surface area contributed by atoms with Crippen LogP contribution in [0.3, 0.4) is 0 Å². The first-order chi connectivity index (χ1) is 11.0. The Morgan fingerprint density at radius 2 is 2.04 bits per heavy atom. The molecule has 23 heavy (non-hydrogen) atoms. The number of rotatable bonds is 3. The molecule has 0 unspecified atom stereocenters. The van der Waals surface area contributed by atoms with Crippen molar-refractivity contribution >= 4 is 28.8 Å². The van der Waals surface area contributed by atoms with E-state index in [9.17, 15) is 9.90 Å². The molecule has 1 aliphatic rings. The normalized spacial score (nSPS) is 21.2. The summed E-state index contributed by atoms with van der Waals surface area (Å²) in [6.45, 7) is 0. The van der Waals surface area contributed by atoms with Crippen LogP contribution in [0.4, 0.5) is 16.5 Å². The number of oxazole rings is 1. The van der Waals surface area contributed by atoms with Gasteiger partial charge in [0.2, 0.25) is 0 Å². The molecule has 0 radical (unpaired) electrons. The van der Waals surface area contributed by atoms with Crippen LogP contribution in [0.1, 0.15) is 25.7 Å². The van der Waals surface area contributed by atoms with Crippen LogP contribution in [0.15, 0.2) is 22.6 Å². The molecule has 1 aromatic heterocycles. The van der Waals surface area contributed by atoms with E-state index in [0.717, 1.165) is 31.2 Å². The number of nitrogens with zero attached hydrogens (tertiary/aromatic N) is 2. The van der Waals surface area contributed by atoms with E-state index in [1.807, 2.05) is 20.2 Å². The van der Waals surface area contributed by atoms with E-state index in [0.29, 0.717) is 17.3 Å². The van der Waals surface area contributed by atoms with Crippen molar-refractivity contribution in [3.63, 3.8) is 0 Å². The number of carbonyl (C=O) groups is 1. The molecule has 0 bridgehead atoms. The Morgan fingerprint density at radius 1 is 1.30 bits per heavy atom. The van der Waals surface area contributed by atoms with Gasteiger partial charge in [0.15, 0.2) is 5.58 Å². The maximum Gasteiger partial charge on any atom is 0.319 e. The molecule has 3 N–H and O–H groups in total. The molecule has 3 rings (SSSR count). The second-order valence-electron chi connectivity index (χ2n) is 6.18. The van der Waals surface area contributed by atoms with E-state index in [-0.39, 0.29) is 18.2 Å². The number of aliphatic hydroxyl groups excluding tert-OH is 1. The Labute approximate surface area is 134 Å². The number of carbonyl (C=O) groups excluding carboxylic acids is 1. The second-order valence-corrected chi connectivity index (χ2v) is 6.18. The molecule has 2 amide bonds. The molecule has 0 saturated heterocycles. The number of hydrogen-bond donors (Lipinski definition) is 3. The number of anilines is 2. The van der Waals surface area contributed by atoms with Gasteiger partial charge in [-0.2, -0.15) is 4.98 Å². The highest BCUT2D eigenvalue weighted by Gasteiger charge is 2.20. The van der Waals surface area contributed by atoms with Crippen molar-refractivity contribution in [1.29, 1.82) is 0 Å².